The van der Waals surface area contributed by atoms with Crippen molar-refractivity contribution in [3.05, 3.63) is 23.7 Å². The summed E-state index contributed by atoms with van der Waals surface area (Å²) in [5.74, 6) is 0.244. The van der Waals surface area contributed by atoms with Crippen LogP contribution in [0.3, 0.4) is 0 Å². The average molecular weight is 342 g/mol. The summed E-state index contributed by atoms with van der Waals surface area (Å²) in [6.07, 6.45) is 3.61. The van der Waals surface area contributed by atoms with Crippen molar-refractivity contribution in [1.29, 1.82) is 0 Å². The number of rotatable bonds is 7. The fraction of sp³-hybridized carbons (Fsp3) is 0.600. The van der Waals surface area contributed by atoms with E-state index in [1.165, 1.54) is 6.26 Å². The van der Waals surface area contributed by atoms with Crippen LogP contribution >= 0.6 is 0 Å². The molecule has 2 N–H and O–H groups in total. The van der Waals surface area contributed by atoms with Gasteiger partial charge in [0.25, 0.3) is 5.91 Å². The summed E-state index contributed by atoms with van der Waals surface area (Å²) in [6.45, 7) is 2.19. The van der Waals surface area contributed by atoms with E-state index < -0.39 is 9.84 Å². The van der Waals surface area contributed by atoms with Crippen molar-refractivity contribution in [2.24, 2.45) is 0 Å². The summed E-state index contributed by atoms with van der Waals surface area (Å²) in [6, 6.07) is 1.30. The van der Waals surface area contributed by atoms with E-state index in [0.29, 0.717) is 24.2 Å². The van der Waals surface area contributed by atoms with Crippen molar-refractivity contribution in [1.82, 2.24) is 10.6 Å². The predicted octanol–water partition coefficient (Wildman–Crippen LogP) is 0.655. The highest BCUT2D eigenvalue weighted by Gasteiger charge is 2.28. The minimum atomic E-state index is -3.01. The minimum Gasteiger partial charge on any atom is -0.469 e. The molecule has 0 aromatic carbocycles. The largest absolute Gasteiger partial charge is 0.469 e. The summed E-state index contributed by atoms with van der Waals surface area (Å²) >= 11 is 0. The Morgan fingerprint density at radius 3 is 2.83 bits per heavy atom. The third-order valence-electron chi connectivity index (χ3n) is 3.70. The first-order chi connectivity index (χ1) is 10.9. The van der Waals surface area contributed by atoms with Gasteiger partial charge in [-0.2, -0.15) is 0 Å². The first-order valence-corrected chi connectivity index (χ1v) is 9.58. The molecular formula is C15H22N2O5S. The van der Waals surface area contributed by atoms with Crippen LogP contribution in [0.1, 0.15) is 42.3 Å². The fourth-order valence-electron chi connectivity index (χ4n) is 2.56. The molecule has 128 valence electrons. The van der Waals surface area contributed by atoms with Crippen LogP contribution in [0.5, 0.6) is 0 Å². The molecule has 2 heterocycles. The van der Waals surface area contributed by atoms with E-state index in [4.69, 9.17) is 4.42 Å². The van der Waals surface area contributed by atoms with Gasteiger partial charge in [-0.25, -0.2) is 8.42 Å². The Morgan fingerprint density at radius 1 is 1.39 bits per heavy atom. The average Bonchev–Trinajstić information content (AvgIpc) is 3.05. The van der Waals surface area contributed by atoms with Crippen molar-refractivity contribution in [3.8, 4) is 0 Å². The molecule has 1 aliphatic heterocycles. The number of carbonyl (C=O) groups is 2. The summed E-state index contributed by atoms with van der Waals surface area (Å²) in [5.41, 5.74) is 0.495. The van der Waals surface area contributed by atoms with E-state index in [-0.39, 0.29) is 42.3 Å². The molecule has 0 radical (unpaired) electrons. The van der Waals surface area contributed by atoms with Crippen LogP contribution in [0, 0.1) is 0 Å². The van der Waals surface area contributed by atoms with Gasteiger partial charge >= 0.3 is 0 Å². The highest BCUT2D eigenvalue weighted by Crippen LogP contribution is 2.13. The molecule has 7 nitrogen and oxygen atoms in total. The Morgan fingerprint density at radius 2 is 2.17 bits per heavy atom. The van der Waals surface area contributed by atoms with Gasteiger partial charge in [-0.05, 0) is 18.9 Å². The van der Waals surface area contributed by atoms with Crippen LogP contribution in [0.4, 0.5) is 0 Å². The molecule has 8 heteroatoms. The Balaban J connectivity index is 1.73. The van der Waals surface area contributed by atoms with Crippen LogP contribution in [0.2, 0.25) is 0 Å². The van der Waals surface area contributed by atoms with Crippen LogP contribution in [-0.4, -0.2) is 44.3 Å². The lowest BCUT2D eigenvalue weighted by atomic mass is 10.1. The van der Waals surface area contributed by atoms with Gasteiger partial charge in [0.05, 0.1) is 23.3 Å². The summed E-state index contributed by atoms with van der Waals surface area (Å²) in [7, 11) is -3.01. The molecule has 1 aromatic rings. The van der Waals surface area contributed by atoms with Crippen LogP contribution in [-0.2, 0) is 21.1 Å². The summed E-state index contributed by atoms with van der Waals surface area (Å²) in [4.78, 5) is 23.8. The Kier molecular flexibility index (Phi) is 5.81. The summed E-state index contributed by atoms with van der Waals surface area (Å²) in [5, 5.41) is 5.36. The van der Waals surface area contributed by atoms with E-state index in [2.05, 4.69) is 10.6 Å². The van der Waals surface area contributed by atoms with E-state index >= 15 is 0 Å². The number of hydrogen-bond acceptors (Lipinski definition) is 5. The molecule has 0 bridgehead atoms. The van der Waals surface area contributed by atoms with Gasteiger partial charge < -0.3 is 15.1 Å². The molecule has 0 unspecified atom stereocenters. The zero-order chi connectivity index (χ0) is 16.9. The third-order valence-corrected chi connectivity index (χ3v) is 5.47. The molecule has 0 saturated carbocycles. The van der Waals surface area contributed by atoms with Crippen molar-refractivity contribution < 1.29 is 22.4 Å². The second kappa shape index (κ2) is 7.63. The topological polar surface area (TPSA) is 105 Å². The van der Waals surface area contributed by atoms with Gasteiger partial charge in [-0.1, -0.05) is 6.92 Å². The molecule has 1 atom stereocenters. The quantitative estimate of drug-likeness (QED) is 0.757. The summed E-state index contributed by atoms with van der Waals surface area (Å²) < 4.78 is 27.9. The van der Waals surface area contributed by atoms with E-state index in [1.807, 2.05) is 6.92 Å². The number of carbonyl (C=O) groups excluding carboxylic acids is 2. The smallest absolute Gasteiger partial charge is 0.254 e. The van der Waals surface area contributed by atoms with Gasteiger partial charge in [0.1, 0.15) is 5.76 Å². The molecule has 1 aromatic heterocycles. The minimum absolute atomic E-state index is 0.000492. The maximum absolute atomic E-state index is 12.0. The van der Waals surface area contributed by atoms with Crippen LogP contribution in [0.15, 0.2) is 16.7 Å². The lowest BCUT2D eigenvalue weighted by molar-refractivity contribution is -0.121. The number of nitrogens with one attached hydrogen (secondary N) is 2. The second-order valence-electron chi connectivity index (χ2n) is 5.68. The molecule has 1 fully saturated rings. The number of amides is 2. The van der Waals surface area contributed by atoms with Crippen LogP contribution in [0.25, 0.3) is 0 Å². The molecule has 1 saturated heterocycles. The number of aryl methyl sites for hydroxylation is 1. The first-order valence-electron chi connectivity index (χ1n) is 7.75. The zero-order valence-electron chi connectivity index (χ0n) is 13.1. The standard InChI is InChI=1S/C15H22N2O5S/c1-2-3-13-12(5-8-22-13)15(19)16-7-4-14(18)17-11-6-9-23(20,21)10-11/h5,8,11H,2-4,6-7,9-10H2,1H3,(H,16,19)(H,17,18)/t11-/m0/s1. The Hall–Kier alpha value is -1.83. The maximum Gasteiger partial charge on any atom is 0.254 e. The maximum atomic E-state index is 12.0. The number of sulfone groups is 1. The molecule has 0 spiro atoms. The monoisotopic (exact) mass is 342 g/mol. The zero-order valence-corrected chi connectivity index (χ0v) is 13.9. The van der Waals surface area contributed by atoms with Gasteiger partial charge in [0.15, 0.2) is 9.84 Å². The fourth-order valence-corrected chi connectivity index (χ4v) is 4.23. The van der Waals surface area contributed by atoms with Gasteiger partial charge in [0.2, 0.25) is 5.91 Å². The second-order valence-corrected chi connectivity index (χ2v) is 7.91. The third kappa shape index (κ3) is 5.09. The van der Waals surface area contributed by atoms with Crippen LogP contribution < -0.4 is 10.6 Å². The predicted molar refractivity (Wildman–Crippen MR) is 84.9 cm³/mol. The Bertz CT molecular complexity index is 665. The number of hydrogen-bond donors (Lipinski definition) is 2. The molecule has 0 aliphatic carbocycles. The van der Waals surface area contributed by atoms with Crippen molar-refractivity contribution >= 4 is 21.7 Å². The lowest BCUT2D eigenvalue weighted by Crippen LogP contribution is -2.37. The van der Waals surface area contributed by atoms with E-state index in [0.717, 1.165) is 6.42 Å². The van der Waals surface area contributed by atoms with Gasteiger partial charge in [-0.15, -0.1) is 0 Å². The normalized spacial score (nSPS) is 19.4. The SMILES string of the molecule is CCCc1occc1C(=O)NCCC(=O)N[C@H]1CCS(=O)(=O)C1. The first kappa shape index (κ1) is 17.5. The van der Waals surface area contributed by atoms with Crippen molar-refractivity contribution in [2.45, 2.75) is 38.6 Å². The molecule has 2 rings (SSSR count). The van der Waals surface area contributed by atoms with Crippen molar-refractivity contribution in [3.63, 3.8) is 0 Å². The Labute approximate surface area is 135 Å². The van der Waals surface area contributed by atoms with Crippen molar-refractivity contribution in [2.75, 3.05) is 18.1 Å². The molecule has 23 heavy (non-hydrogen) atoms. The van der Waals surface area contributed by atoms with E-state index in [1.54, 1.807) is 6.07 Å². The van der Waals surface area contributed by atoms with E-state index in [9.17, 15) is 18.0 Å². The van der Waals surface area contributed by atoms with Gasteiger partial charge in [0, 0.05) is 25.4 Å². The highest BCUT2D eigenvalue weighted by atomic mass is 32.2. The lowest BCUT2D eigenvalue weighted by Gasteiger charge is -2.11. The molecule has 1 aliphatic rings. The number of furan rings is 1. The molecular weight excluding hydrogens is 320 g/mol. The molecule has 2 amide bonds. The van der Waals surface area contributed by atoms with Gasteiger partial charge in [-0.3, -0.25) is 9.59 Å². The highest BCUT2D eigenvalue weighted by molar-refractivity contribution is 7.91.